The van der Waals surface area contributed by atoms with E-state index in [1.165, 1.54) is 11.3 Å². The summed E-state index contributed by atoms with van der Waals surface area (Å²) in [6.07, 6.45) is 1.75. The number of thiazole rings is 1. The van der Waals surface area contributed by atoms with E-state index < -0.39 is 0 Å². The Hall–Kier alpha value is -1.23. The Morgan fingerprint density at radius 3 is 3.17 bits per heavy atom. The van der Waals surface area contributed by atoms with E-state index in [0.717, 1.165) is 5.69 Å². The summed E-state index contributed by atoms with van der Waals surface area (Å²) < 4.78 is 1.87. The van der Waals surface area contributed by atoms with Crippen molar-refractivity contribution >= 4 is 11.3 Å². The average Bonchev–Trinajstić information content (AvgIpc) is 2.37. The molecular weight excluding hydrogens is 174 g/mol. The molecule has 1 rings (SSSR count). The van der Waals surface area contributed by atoms with Gasteiger partial charge in [-0.15, -0.1) is 22.8 Å². The third-order valence-corrected chi connectivity index (χ3v) is 2.40. The van der Waals surface area contributed by atoms with Gasteiger partial charge in [0, 0.05) is 17.6 Å². The highest BCUT2D eigenvalue weighted by Gasteiger charge is 1.97. The zero-order valence-corrected chi connectivity index (χ0v) is 7.54. The monoisotopic (exact) mass is 183 g/mol. The molecule has 0 atom stereocenters. The number of nitrogens with zero attached hydrogens (tertiary/aromatic N) is 3. The number of aryl methyl sites for hydroxylation is 1. The van der Waals surface area contributed by atoms with Gasteiger partial charge < -0.3 is 4.57 Å². The molecule has 0 aromatic carbocycles. The Morgan fingerprint density at radius 2 is 2.58 bits per heavy atom. The molecule has 0 saturated carbocycles. The summed E-state index contributed by atoms with van der Waals surface area (Å²) in [4.78, 5) is 10.5. The molecule has 0 unspecified atom stereocenters. The smallest absolute Gasteiger partial charge is 0.214 e. The van der Waals surface area contributed by atoms with E-state index in [2.05, 4.69) is 17.0 Å². The van der Waals surface area contributed by atoms with Gasteiger partial charge in [-0.25, -0.2) is 0 Å². The van der Waals surface area contributed by atoms with Crippen molar-refractivity contribution in [3.63, 3.8) is 0 Å². The lowest BCUT2D eigenvalue weighted by Gasteiger charge is -1.98. The van der Waals surface area contributed by atoms with E-state index in [4.69, 9.17) is 0 Å². The van der Waals surface area contributed by atoms with E-state index >= 15 is 0 Å². The second-order valence-corrected chi connectivity index (χ2v) is 3.08. The van der Waals surface area contributed by atoms with Crippen molar-refractivity contribution in [2.75, 3.05) is 0 Å². The molecule has 0 fully saturated rings. The molecular formula is C7H9N3OS. The lowest BCUT2D eigenvalue weighted by atomic mass is 10.5. The van der Waals surface area contributed by atoms with Crippen LogP contribution in [0.1, 0.15) is 5.69 Å². The molecule has 0 spiro atoms. The van der Waals surface area contributed by atoms with Gasteiger partial charge in [-0.1, -0.05) is 11.2 Å². The van der Waals surface area contributed by atoms with Crippen molar-refractivity contribution in [1.29, 1.82) is 0 Å². The normalized spacial score (nSPS) is 11.6. The summed E-state index contributed by atoms with van der Waals surface area (Å²) in [5.41, 5.74) is 1.06. The first-order valence-corrected chi connectivity index (χ1v) is 4.29. The highest BCUT2D eigenvalue weighted by Crippen LogP contribution is 1.99. The molecule has 4 nitrogen and oxygen atoms in total. The van der Waals surface area contributed by atoms with Gasteiger partial charge in [0.05, 0.1) is 5.29 Å². The minimum atomic E-state index is 0.613. The summed E-state index contributed by atoms with van der Waals surface area (Å²) in [5.74, 6) is 0. The SMILES string of the molecule is C=CCn1c(C)cs/c1=N/N=O. The Balaban J connectivity index is 3.20. The van der Waals surface area contributed by atoms with Crippen LogP contribution in [0.2, 0.25) is 0 Å². The van der Waals surface area contributed by atoms with Crippen LogP contribution < -0.4 is 4.80 Å². The highest BCUT2D eigenvalue weighted by atomic mass is 32.1. The molecule has 0 radical (unpaired) electrons. The van der Waals surface area contributed by atoms with Crippen molar-refractivity contribution in [3.05, 3.63) is 33.4 Å². The average molecular weight is 183 g/mol. The Kier molecular flexibility index (Phi) is 2.93. The van der Waals surface area contributed by atoms with Crippen LogP contribution in [0.25, 0.3) is 0 Å². The number of hydrogen-bond donors (Lipinski definition) is 0. The summed E-state index contributed by atoms with van der Waals surface area (Å²) in [6, 6.07) is 0. The van der Waals surface area contributed by atoms with Gasteiger partial charge in [-0.05, 0) is 6.92 Å². The molecule has 0 N–H and O–H groups in total. The lowest BCUT2D eigenvalue weighted by molar-refractivity contribution is 0.751. The fourth-order valence-corrected chi connectivity index (χ4v) is 1.71. The van der Waals surface area contributed by atoms with Crippen LogP contribution in [0, 0.1) is 11.8 Å². The minimum Gasteiger partial charge on any atom is -0.316 e. The van der Waals surface area contributed by atoms with Crippen molar-refractivity contribution in [2.45, 2.75) is 13.5 Å². The second kappa shape index (κ2) is 3.96. The highest BCUT2D eigenvalue weighted by molar-refractivity contribution is 7.07. The summed E-state index contributed by atoms with van der Waals surface area (Å²) in [5, 5.41) is 7.87. The van der Waals surface area contributed by atoms with Crippen molar-refractivity contribution < 1.29 is 0 Å². The fourth-order valence-electron chi connectivity index (χ4n) is 0.880. The topological polar surface area (TPSA) is 46.7 Å². The molecule has 0 amide bonds. The number of hydrogen-bond acceptors (Lipinski definition) is 3. The van der Waals surface area contributed by atoms with E-state index in [-0.39, 0.29) is 0 Å². The zero-order valence-electron chi connectivity index (χ0n) is 6.73. The number of rotatable bonds is 3. The Labute approximate surface area is 73.8 Å². The van der Waals surface area contributed by atoms with Gasteiger partial charge in [-0.2, -0.15) is 0 Å². The zero-order chi connectivity index (χ0) is 8.97. The third-order valence-electron chi connectivity index (χ3n) is 1.43. The molecule has 64 valence electrons. The van der Waals surface area contributed by atoms with Gasteiger partial charge in [-0.3, -0.25) is 0 Å². The summed E-state index contributed by atoms with van der Waals surface area (Å²) in [7, 11) is 0. The van der Waals surface area contributed by atoms with E-state index in [0.29, 0.717) is 11.3 Å². The predicted octanol–water partition coefficient (Wildman–Crippen LogP) is 1.63. The molecule has 0 aliphatic heterocycles. The number of aromatic nitrogens is 1. The van der Waals surface area contributed by atoms with Crippen LogP contribution in [0.4, 0.5) is 0 Å². The molecule has 0 aliphatic carbocycles. The molecule has 12 heavy (non-hydrogen) atoms. The first kappa shape index (κ1) is 8.86. The van der Waals surface area contributed by atoms with Crippen molar-refractivity contribution in [2.24, 2.45) is 10.4 Å². The third kappa shape index (κ3) is 1.68. The number of nitroso groups, excluding NO2 is 1. The molecule has 1 aromatic heterocycles. The summed E-state index contributed by atoms with van der Waals surface area (Å²) >= 11 is 1.40. The van der Waals surface area contributed by atoms with Crippen LogP contribution in [-0.2, 0) is 6.54 Å². The molecule has 0 aliphatic rings. The van der Waals surface area contributed by atoms with Gasteiger partial charge in [0.15, 0.2) is 0 Å². The lowest BCUT2D eigenvalue weighted by Crippen LogP contribution is -2.14. The largest absolute Gasteiger partial charge is 0.316 e. The van der Waals surface area contributed by atoms with Gasteiger partial charge in [0.1, 0.15) is 0 Å². The van der Waals surface area contributed by atoms with Crippen molar-refractivity contribution in [3.8, 4) is 0 Å². The van der Waals surface area contributed by atoms with E-state index in [1.807, 2.05) is 16.9 Å². The van der Waals surface area contributed by atoms with Gasteiger partial charge in [0.25, 0.3) is 0 Å². The predicted molar refractivity (Wildman–Crippen MR) is 48.6 cm³/mol. The van der Waals surface area contributed by atoms with Crippen LogP contribution in [0.15, 0.2) is 28.4 Å². The standard InChI is InChI=1S/C7H9N3OS/c1-3-4-10-6(2)5-12-7(10)8-9-11/h3,5H,1,4H2,2H3/b8-7+. The maximum atomic E-state index is 9.89. The quantitative estimate of drug-likeness (QED) is 0.399. The van der Waals surface area contributed by atoms with E-state index in [9.17, 15) is 4.91 Å². The molecule has 1 heterocycles. The van der Waals surface area contributed by atoms with Crippen LogP contribution >= 0.6 is 11.3 Å². The molecule has 1 aromatic rings. The van der Waals surface area contributed by atoms with Gasteiger partial charge in [0.2, 0.25) is 4.80 Å². The Bertz CT molecular complexity index is 350. The molecule has 0 saturated heterocycles. The maximum Gasteiger partial charge on any atom is 0.214 e. The minimum absolute atomic E-state index is 0.613. The Morgan fingerprint density at radius 1 is 1.83 bits per heavy atom. The second-order valence-electron chi connectivity index (χ2n) is 2.24. The van der Waals surface area contributed by atoms with Crippen LogP contribution in [-0.4, -0.2) is 4.57 Å². The number of allylic oxidation sites excluding steroid dienone is 1. The fraction of sp³-hybridized carbons (Fsp3) is 0.286. The van der Waals surface area contributed by atoms with E-state index in [1.54, 1.807) is 6.08 Å². The first-order valence-electron chi connectivity index (χ1n) is 3.41. The first-order chi connectivity index (χ1) is 5.79. The molecule has 5 heteroatoms. The van der Waals surface area contributed by atoms with Crippen LogP contribution in [0.3, 0.4) is 0 Å². The van der Waals surface area contributed by atoms with Gasteiger partial charge >= 0.3 is 0 Å². The van der Waals surface area contributed by atoms with Crippen LogP contribution in [0.5, 0.6) is 0 Å². The van der Waals surface area contributed by atoms with Crippen molar-refractivity contribution in [1.82, 2.24) is 4.57 Å². The maximum absolute atomic E-state index is 9.89. The molecule has 0 bridgehead atoms. The summed E-state index contributed by atoms with van der Waals surface area (Å²) in [6.45, 7) is 6.22.